The number of thioether (sulfide) groups is 1. The number of aromatic nitrogens is 1. The molecule has 1 aromatic carbocycles. The van der Waals surface area contributed by atoms with Crippen LogP contribution < -0.4 is 10.3 Å². The Labute approximate surface area is 132 Å². The smallest absolute Gasteiger partial charge is 0.148 e. The van der Waals surface area contributed by atoms with Crippen LogP contribution in [-0.4, -0.2) is 30.9 Å². The van der Waals surface area contributed by atoms with Gasteiger partial charge >= 0.3 is 0 Å². The van der Waals surface area contributed by atoms with E-state index in [9.17, 15) is 0 Å². The Morgan fingerprint density at radius 2 is 2.10 bits per heavy atom. The predicted molar refractivity (Wildman–Crippen MR) is 90.6 cm³/mol. The molecule has 0 aliphatic heterocycles. The van der Waals surface area contributed by atoms with Gasteiger partial charge in [0.15, 0.2) is 0 Å². The van der Waals surface area contributed by atoms with Crippen molar-refractivity contribution in [2.75, 3.05) is 30.7 Å². The summed E-state index contributed by atoms with van der Waals surface area (Å²) in [6.45, 7) is 0. The standard InChI is InChI=1S/C14H15N5S2/c1-19(2)11-6-4-10(5-7-11)9-16-17-13-12(8-15)14(20-3)18-21-13/h4-7,9,17H,1-3H3/b16-9+. The Morgan fingerprint density at radius 1 is 1.38 bits per heavy atom. The molecule has 2 aromatic rings. The minimum atomic E-state index is 0.549. The fourth-order valence-electron chi connectivity index (χ4n) is 1.61. The van der Waals surface area contributed by atoms with Gasteiger partial charge in [0.05, 0.1) is 6.21 Å². The molecule has 0 saturated heterocycles. The van der Waals surface area contributed by atoms with Crippen molar-refractivity contribution in [3.63, 3.8) is 0 Å². The van der Waals surface area contributed by atoms with Crippen LogP contribution >= 0.6 is 23.3 Å². The maximum absolute atomic E-state index is 9.12. The summed E-state index contributed by atoms with van der Waals surface area (Å²) in [5, 5.41) is 14.7. The van der Waals surface area contributed by atoms with Crippen LogP contribution in [0.2, 0.25) is 0 Å². The first-order chi connectivity index (χ1) is 10.2. The van der Waals surface area contributed by atoms with Crippen molar-refractivity contribution < 1.29 is 0 Å². The van der Waals surface area contributed by atoms with E-state index in [0.29, 0.717) is 10.6 Å². The molecule has 1 N–H and O–H groups in total. The van der Waals surface area contributed by atoms with Crippen LogP contribution in [0.3, 0.4) is 0 Å². The second-order valence-corrected chi connectivity index (χ2v) is 5.93. The number of anilines is 2. The maximum Gasteiger partial charge on any atom is 0.148 e. The molecule has 21 heavy (non-hydrogen) atoms. The zero-order valence-corrected chi connectivity index (χ0v) is 13.6. The zero-order chi connectivity index (χ0) is 15.2. The minimum Gasteiger partial charge on any atom is -0.378 e. The summed E-state index contributed by atoms with van der Waals surface area (Å²) in [7, 11) is 4.00. The number of nitrogens with one attached hydrogen (secondary N) is 1. The summed E-state index contributed by atoms with van der Waals surface area (Å²) < 4.78 is 4.20. The molecule has 7 heteroatoms. The summed E-state index contributed by atoms with van der Waals surface area (Å²) >= 11 is 2.70. The monoisotopic (exact) mass is 317 g/mol. The summed E-state index contributed by atoms with van der Waals surface area (Å²) in [6, 6.07) is 10.2. The number of hydrogen-bond acceptors (Lipinski definition) is 7. The van der Waals surface area contributed by atoms with E-state index in [0.717, 1.165) is 16.3 Å². The number of rotatable bonds is 5. The van der Waals surface area contributed by atoms with E-state index in [1.165, 1.54) is 23.3 Å². The second-order valence-electron chi connectivity index (χ2n) is 4.36. The third kappa shape index (κ3) is 3.74. The fourth-order valence-corrected chi connectivity index (χ4v) is 3.03. The van der Waals surface area contributed by atoms with Crippen molar-refractivity contribution in [3.8, 4) is 6.07 Å². The maximum atomic E-state index is 9.12. The van der Waals surface area contributed by atoms with Crippen molar-refractivity contribution in [1.29, 1.82) is 5.26 Å². The van der Waals surface area contributed by atoms with Gasteiger partial charge in [-0.1, -0.05) is 12.1 Å². The normalized spacial score (nSPS) is 10.6. The summed E-state index contributed by atoms with van der Waals surface area (Å²) in [4.78, 5) is 2.04. The Balaban J connectivity index is 2.06. The van der Waals surface area contributed by atoms with E-state index in [4.69, 9.17) is 5.26 Å². The summed E-state index contributed by atoms with van der Waals surface area (Å²) in [5.41, 5.74) is 5.56. The van der Waals surface area contributed by atoms with Gasteiger partial charge in [-0.15, -0.1) is 11.8 Å². The van der Waals surface area contributed by atoms with Gasteiger partial charge in [0.2, 0.25) is 0 Å². The van der Waals surface area contributed by atoms with Gasteiger partial charge in [0.1, 0.15) is 21.7 Å². The predicted octanol–water partition coefficient (Wildman–Crippen LogP) is 3.25. The number of hydrazone groups is 1. The largest absolute Gasteiger partial charge is 0.378 e. The number of nitrogens with zero attached hydrogens (tertiary/aromatic N) is 4. The number of nitriles is 1. The van der Waals surface area contributed by atoms with Gasteiger partial charge in [-0.3, -0.25) is 5.43 Å². The van der Waals surface area contributed by atoms with E-state index in [1.807, 2.05) is 49.5 Å². The highest BCUT2D eigenvalue weighted by molar-refractivity contribution is 7.98. The lowest BCUT2D eigenvalue weighted by atomic mass is 10.2. The molecule has 108 valence electrons. The zero-order valence-electron chi connectivity index (χ0n) is 12.0. The average molecular weight is 317 g/mol. The Morgan fingerprint density at radius 3 is 2.67 bits per heavy atom. The molecule has 0 spiro atoms. The van der Waals surface area contributed by atoms with Crippen molar-refractivity contribution in [1.82, 2.24) is 4.37 Å². The molecule has 0 radical (unpaired) electrons. The molecule has 0 fully saturated rings. The molecule has 5 nitrogen and oxygen atoms in total. The molecular weight excluding hydrogens is 302 g/mol. The van der Waals surface area contributed by atoms with Crippen molar-refractivity contribution in [2.24, 2.45) is 5.10 Å². The molecule has 1 aromatic heterocycles. The Hall–Kier alpha value is -2.04. The lowest BCUT2D eigenvalue weighted by Crippen LogP contribution is -2.08. The highest BCUT2D eigenvalue weighted by Crippen LogP contribution is 2.29. The van der Waals surface area contributed by atoms with E-state index >= 15 is 0 Å². The van der Waals surface area contributed by atoms with Crippen LogP contribution in [0.4, 0.5) is 10.7 Å². The number of hydrogen-bond donors (Lipinski definition) is 1. The highest BCUT2D eigenvalue weighted by Gasteiger charge is 2.11. The molecule has 0 bridgehead atoms. The SMILES string of the molecule is CSc1nsc(N/N=C/c2ccc(N(C)C)cc2)c1C#N. The van der Waals surface area contributed by atoms with Crippen LogP contribution in [0.1, 0.15) is 11.1 Å². The summed E-state index contributed by atoms with van der Waals surface area (Å²) in [6.07, 6.45) is 3.62. The second kappa shape index (κ2) is 7.11. The van der Waals surface area contributed by atoms with Gasteiger partial charge in [-0.05, 0) is 35.5 Å². The van der Waals surface area contributed by atoms with Crippen LogP contribution in [0.25, 0.3) is 0 Å². The minimum absolute atomic E-state index is 0.549. The van der Waals surface area contributed by atoms with Gasteiger partial charge in [0, 0.05) is 19.8 Å². The van der Waals surface area contributed by atoms with Crippen LogP contribution in [0.15, 0.2) is 34.4 Å². The van der Waals surface area contributed by atoms with Crippen LogP contribution in [0, 0.1) is 11.3 Å². The summed E-state index contributed by atoms with van der Waals surface area (Å²) in [5.74, 6) is 0. The quantitative estimate of drug-likeness (QED) is 0.521. The van der Waals surface area contributed by atoms with E-state index in [2.05, 4.69) is 21.0 Å². The first-order valence-electron chi connectivity index (χ1n) is 6.16. The van der Waals surface area contributed by atoms with Gasteiger partial charge in [-0.25, -0.2) is 0 Å². The molecule has 1 heterocycles. The lowest BCUT2D eigenvalue weighted by Gasteiger charge is -2.11. The highest BCUT2D eigenvalue weighted by atomic mass is 32.2. The lowest BCUT2D eigenvalue weighted by molar-refractivity contribution is 1.13. The average Bonchev–Trinajstić information content (AvgIpc) is 2.89. The molecule has 0 saturated carbocycles. The topological polar surface area (TPSA) is 64.3 Å². The van der Waals surface area contributed by atoms with E-state index in [-0.39, 0.29) is 0 Å². The van der Waals surface area contributed by atoms with Crippen molar-refractivity contribution in [2.45, 2.75) is 5.03 Å². The molecule has 0 aliphatic carbocycles. The third-order valence-corrected chi connectivity index (χ3v) is 4.30. The fraction of sp³-hybridized carbons (Fsp3) is 0.214. The Kier molecular flexibility index (Phi) is 5.20. The molecule has 0 atom stereocenters. The molecule has 0 unspecified atom stereocenters. The molecule has 2 rings (SSSR count). The first-order valence-corrected chi connectivity index (χ1v) is 8.15. The van der Waals surface area contributed by atoms with Crippen molar-refractivity contribution in [3.05, 3.63) is 35.4 Å². The van der Waals surface area contributed by atoms with Crippen molar-refractivity contribution >= 4 is 40.2 Å². The van der Waals surface area contributed by atoms with E-state index < -0.39 is 0 Å². The van der Waals surface area contributed by atoms with Gasteiger partial charge in [0.25, 0.3) is 0 Å². The van der Waals surface area contributed by atoms with Gasteiger partial charge in [-0.2, -0.15) is 14.7 Å². The van der Waals surface area contributed by atoms with E-state index in [1.54, 1.807) is 6.21 Å². The Bertz CT molecular complexity index is 668. The molecule has 0 amide bonds. The van der Waals surface area contributed by atoms with Gasteiger partial charge < -0.3 is 4.90 Å². The molecule has 0 aliphatic rings. The molecular formula is C14H15N5S2. The van der Waals surface area contributed by atoms with Crippen LogP contribution in [0.5, 0.6) is 0 Å². The first kappa shape index (κ1) is 15.4. The number of benzene rings is 1. The van der Waals surface area contributed by atoms with Crippen LogP contribution in [-0.2, 0) is 0 Å². The third-order valence-electron chi connectivity index (χ3n) is 2.76.